The van der Waals surface area contributed by atoms with Crippen LogP contribution in [0.5, 0.6) is 0 Å². The zero-order valence-corrected chi connectivity index (χ0v) is 12.7. The molecule has 1 atom stereocenters. The van der Waals surface area contributed by atoms with E-state index in [0.717, 1.165) is 16.7 Å². The van der Waals surface area contributed by atoms with Crippen LogP contribution in [0.25, 0.3) is 0 Å². The second-order valence-electron chi connectivity index (χ2n) is 4.72. The van der Waals surface area contributed by atoms with Crippen molar-refractivity contribution in [1.29, 1.82) is 0 Å². The van der Waals surface area contributed by atoms with E-state index in [2.05, 4.69) is 4.72 Å². The van der Waals surface area contributed by atoms with E-state index in [1.807, 2.05) is 13.0 Å². The molecule has 5 nitrogen and oxygen atoms in total. The molecular formula is C13H22N2O3S. The summed E-state index contributed by atoms with van der Waals surface area (Å²) in [5, 5.41) is 0. The molecule has 1 rings (SSSR count). The Labute approximate surface area is 115 Å². The van der Waals surface area contributed by atoms with Crippen LogP contribution in [0, 0.1) is 13.8 Å². The van der Waals surface area contributed by atoms with Crippen molar-refractivity contribution in [2.24, 2.45) is 5.73 Å². The molecule has 1 aromatic rings. The van der Waals surface area contributed by atoms with Gasteiger partial charge in [0.2, 0.25) is 10.0 Å². The van der Waals surface area contributed by atoms with Crippen LogP contribution >= 0.6 is 0 Å². The number of nitrogens with one attached hydrogen (secondary N) is 1. The third-order valence-corrected chi connectivity index (χ3v) is 4.69. The van der Waals surface area contributed by atoms with E-state index in [1.54, 1.807) is 19.9 Å². The molecule has 0 fully saturated rings. The number of nitrogens with two attached hydrogens (primary N) is 1. The van der Waals surface area contributed by atoms with Gasteiger partial charge < -0.3 is 10.5 Å². The van der Waals surface area contributed by atoms with Crippen LogP contribution in [0.4, 0.5) is 0 Å². The first-order chi connectivity index (χ1) is 8.81. The molecule has 0 amide bonds. The molecule has 0 spiro atoms. The molecule has 0 radical (unpaired) electrons. The van der Waals surface area contributed by atoms with Crippen LogP contribution in [0.3, 0.4) is 0 Å². The quantitative estimate of drug-likeness (QED) is 0.820. The van der Waals surface area contributed by atoms with E-state index < -0.39 is 10.0 Å². The molecular weight excluding hydrogens is 264 g/mol. The predicted molar refractivity (Wildman–Crippen MR) is 75.5 cm³/mol. The number of rotatable bonds is 6. The molecule has 0 aromatic heterocycles. The lowest BCUT2D eigenvalue weighted by Crippen LogP contribution is -2.36. The van der Waals surface area contributed by atoms with Gasteiger partial charge in [-0.1, -0.05) is 6.07 Å². The first-order valence-corrected chi connectivity index (χ1v) is 7.61. The molecule has 0 bridgehead atoms. The van der Waals surface area contributed by atoms with E-state index in [9.17, 15) is 8.42 Å². The molecule has 0 aliphatic heterocycles. The number of hydrogen-bond donors (Lipinski definition) is 2. The summed E-state index contributed by atoms with van der Waals surface area (Å²) in [6.07, 6.45) is 0. The average molecular weight is 286 g/mol. The molecule has 3 N–H and O–H groups in total. The van der Waals surface area contributed by atoms with E-state index in [1.165, 1.54) is 7.11 Å². The fourth-order valence-electron chi connectivity index (χ4n) is 1.91. The Morgan fingerprint density at radius 3 is 2.53 bits per heavy atom. The number of hydrogen-bond acceptors (Lipinski definition) is 4. The number of sulfonamides is 1. The van der Waals surface area contributed by atoms with Crippen molar-refractivity contribution in [3.63, 3.8) is 0 Å². The Balaban J connectivity index is 3.17. The van der Waals surface area contributed by atoms with Crippen LogP contribution in [0.2, 0.25) is 0 Å². The Morgan fingerprint density at radius 1 is 1.37 bits per heavy atom. The SMILES string of the molecule is COCC(C)NS(=O)(=O)c1cc(CN)cc(C)c1C. The van der Waals surface area contributed by atoms with Crippen LogP contribution in [-0.2, 0) is 21.3 Å². The van der Waals surface area contributed by atoms with Crippen molar-refractivity contribution in [2.45, 2.75) is 38.3 Å². The lowest BCUT2D eigenvalue weighted by molar-refractivity contribution is 0.180. The summed E-state index contributed by atoms with van der Waals surface area (Å²) in [7, 11) is -2.02. The maximum Gasteiger partial charge on any atom is 0.241 e. The largest absolute Gasteiger partial charge is 0.383 e. The van der Waals surface area contributed by atoms with Crippen molar-refractivity contribution < 1.29 is 13.2 Å². The predicted octanol–water partition coefficient (Wildman–Crippen LogP) is 1.08. The van der Waals surface area contributed by atoms with Gasteiger partial charge in [0, 0.05) is 19.7 Å². The maximum absolute atomic E-state index is 12.4. The van der Waals surface area contributed by atoms with Crippen LogP contribution in [-0.4, -0.2) is 28.2 Å². The topological polar surface area (TPSA) is 81.4 Å². The van der Waals surface area contributed by atoms with Gasteiger partial charge in [-0.05, 0) is 43.5 Å². The van der Waals surface area contributed by atoms with Gasteiger partial charge in [-0.2, -0.15) is 0 Å². The summed E-state index contributed by atoms with van der Waals surface area (Å²) in [6, 6.07) is 3.26. The highest BCUT2D eigenvalue weighted by Crippen LogP contribution is 2.21. The Bertz CT molecular complexity index is 541. The molecule has 0 saturated carbocycles. The zero-order valence-electron chi connectivity index (χ0n) is 11.9. The number of ether oxygens (including phenoxy) is 1. The summed E-state index contributed by atoms with van der Waals surface area (Å²) in [4.78, 5) is 0.288. The molecule has 0 saturated heterocycles. The van der Waals surface area contributed by atoms with Gasteiger partial charge >= 0.3 is 0 Å². The van der Waals surface area contributed by atoms with Crippen molar-refractivity contribution >= 4 is 10.0 Å². The van der Waals surface area contributed by atoms with Crippen molar-refractivity contribution in [2.75, 3.05) is 13.7 Å². The first-order valence-electron chi connectivity index (χ1n) is 6.13. The second kappa shape index (κ2) is 6.47. The number of aryl methyl sites for hydroxylation is 1. The van der Waals surface area contributed by atoms with E-state index in [0.29, 0.717) is 13.2 Å². The molecule has 0 aliphatic rings. The Kier molecular flexibility index (Phi) is 5.49. The highest BCUT2D eigenvalue weighted by atomic mass is 32.2. The van der Waals surface area contributed by atoms with E-state index >= 15 is 0 Å². The second-order valence-corrected chi connectivity index (χ2v) is 6.40. The maximum atomic E-state index is 12.4. The number of benzene rings is 1. The standard InChI is InChI=1S/C13H22N2O3S/c1-9-5-12(7-14)6-13(11(9)3)19(16,17)15-10(2)8-18-4/h5-6,10,15H,7-8,14H2,1-4H3. The third-order valence-electron chi connectivity index (χ3n) is 2.98. The Morgan fingerprint density at radius 2 is 2.00 bits per heavy atom. The lowest BCUT2D eigenvalue weighted by atomic mass is 10.1. The van der Waals surface area contributed by atoms with Gasteiger partial charge in [0.05, 0.1) is 11.5 Å². The van der Waals surface area contributed by atoms with Crippen molar-refractivity contribution in [3.05, 3.63) is 28.8 Å². The normalized spacial score (nSPS) is 13.5. The zero-order chi connectivity index (χ0) is 14.6. The molecule has 6 heteroatoms. The van der Waals surface area contributed by atoms with E-state index in [-0.39, 0.29) is 10.9 Å². The van der Waals surface area contributed by atoms with Gasteiger partial charge in [-0.25, -0.2) is 13.1 Å². The molecule has 108 valence electrons. The van der Waals surface area contributed by atoms with Gasteiger partial charge in [0.1, 0.15) is 0 Å². The van der Waals surface area contributed by atoms with Crippen molar-refractivity contribution in [3.8, 4) is 0 Å². The van der Waals surface area contributed by atoms with Crippen LogP contribution < -0.4 is 10.5 Å². The monoisotopic (exact) mass is 286 g/mol. The van der Waals surface area contributed by atoms with Gasteiger partial charge in [0.25, 0.3) is 0 Å². The fraction of sp³-hybridized carbons (Fsp3) is 0.538. The molecule has 0 aliphatic carbocycles. The molecule has 19 heavy (non-hydrogen) atoms. The van der Waals surface area contributed by atoms with Crippen LogP contribution in [0.1, 0.15) is 23.6 Å². The molecule has 1 unspecified atom stereocenters. The minimum absolute atomic E-state index is 0.281. The van der Waals surface area contributed by atoms with E-state index in [4.69, 9.17) is 10.5 Å². The minimum atomic E-state index is -3.55. The number of methoxy groups -OCH3 is 1. The average Bonchev–Trinajstić information content (AvgIpc) is 2.31. The molecule has 0 heterocycles. The summed E-state index contributed by atoms with van der Waals surface area (Å²) in [5.41, 5.74) is 8.07. The summed E-state index contributed by atoms with van der Waals surface area (Å²) in [6.45, 7) is 6.08. The highest BCUT2D eigenvalue weighted by molar-refractivity contribution is 7.89. The fourth-order valence-corrected chi connectivity index (χ4v) is 3.50. The highest BCUT2D eigenvalue weighted by Gasteiger charge is 2.21. The summed E-state index contributed by atoms with van der Waals surface area (Å²) >= 11 is 0. The third kappa shape index (κ3) is 4.01. The van der Waals surface area contributed by atoms with Crippen LogP contribution in [0.15, 0.2) is 17.0 Å². The van der Waals surface area contributed by atoms with Gasteiger partial charge in [0.15, 0.2) is 0 Å². The van der Waals surface area contributed by atoms with Crippen molar-refractivity contribution in [1.82, 2.24) is 4.72 Å². The smallest absolute Gasteiger partial charge is 0.241 e. The summed E-state index contributed by atoms with van der Waals surface area (Å²) < 4.78 is 32.2. The summed E-state index contributed by atoms with van der Waals surface area (Å²) in [5.74, 6) is 0. The lowest BCUT2D eigenvalue weighted by Gasteiger charge is -2.16. The van der Waals surface area contributed by atoms with Gasteiger partial charge in [-0.3, -0.25) is 0 Å². The molecule has 1 aromatic carbocycles. The van der Waals surface area contributed by atoms with Gasteiger partial charge in [-0.15, -0.1) is 0 Å². The first kappa shape index (κ1) is 16.1. The Hall–Kier alpha value is -0.950. The minimum Gasteiger partial charge on any atom is -0.383 e.